The number of fused-ring (bicyclic) bond motifs is 1. The van der Waals surface area contributed by atoms with Gasteiger partial charge in [-0.15, -0.1) is 0 Å². The van der Waals surface area contributed by atoms with Gasteiger partial charge < -0.3 is 36.2 Å². The normalized spacial score (nSPS) is 22.0. The molecular weight excluding hydrogens is 476 g/mol. The van der Waals surface area contributed by atoms with E-state index in [4.69, 9.17) is 10.5 Å². The molecule has 0 bridgehead atoms. The predicted molar refractivity (Wildman–Crippen MR) is 140 cm³/mol. The molecule has 0 spiro atoms. The van der Waals surface area contributed by atoms with Gasteiger partial charge in [0.15, 0.2) is 17.2 Å². The van der Waals surface area contributed by atoms with Crippen molar-refractivity contribution in [2.45, 2.75) is 50.5 Å². The number of carbonyl (C=O) groups is 1. The summed E-state index contributed by atoms with van der Waals surface area (Å²) in [4.78, 5) is 26.4. The quantitative estimate of drug-likeness (QED) is 0.279. The summed E-state index contributed by atoms with van der Waals surface area (Å²) in [5.41, 5.74) is 6.77. The third-order valence-corrected chi connectivity index (χ3v) is 6.62. The molecule has 3 atom stereocenters. The minimum absolute atomic E-state index is 0.0579. The van der Waals surface area contributed by atoms with Gasteiger partial charge in [0.25, 0.3) is 0 Å². The SMILES string of the molecule is CN(CCCNC(=O)Nc1ccc(C(C)(C)C)cc1)CC1OCC(O)(n2cnc3c(N)ncnc32)C1O. The van der Waals surface area contributed by atoms with Crippen LogP contribution in [0.4, 0.5) is 16.3 Å². The first-order valence-electron chi connectivity index (χ1n) is 12.3. The minimum atomic E-state index is -1.73. The van der Waals surface area contributed by atoms with Crippen molar-refractivity contribution in [3.05, 3.63) is 42.5 Å². The Morgan fingerprint density at radius 1 is 1.27 bits per heavy atom. The number of nitrogens with zero attached hydrogens (tertiary/aromatic N) is 5. The Balaban J connectivity index is 1.22. The van der Waals surface area contributed by atoms with Crippen molar-refractivity contribution in [1.29, 1.82) is 0 Å². The fourth-order valence-electron chi connectivity index (χ4n) is 4.38. The molecule has 3 heterocycles. The van der Waals surface area contributed by atoms with Crippen LogP contribution in [0.15, 0.2) is 36.9 Å². The van der Waals surface area contributed by atoms with Crippen LogP contribution in [0.5, 0.6) is 0 Å². The van der Waals surface area contributed by atoms with E-state index in [0.29, 0.717) is 37.2 Å². The van der Waals surface area contributed by atoms with Crippen LogP contribution in [0.2, 0.25) is 0 Å². The molecule has 1 fully saturated rings. The molecule has 12 nitrogen and oxygen atoms in total. The summed E-state index contributed by atoms with van der Waals surface area (Å²) in [6.07, 6.45) is 1.52. The van der Waals surface area contributed by atoms with E-state index >= 15 is 0 Å². The van der Waals surface area contributed by atoms with Crippen molar-refractivity contribution >= 4 is 28.7 Å². The molecular formula is C25H36N8O4. The van der Waals surface area contributed by atoms with E-state index in [-0.39, 0.29) is 23.9 Å². The van der Waals surface area contributed by atoms with Gasteiger partial charge in [-0.2, -0.15) is 0 Å². The van der Waals surface area contributed by atoms with Crippen LogP contribution < -0.4 is 16.4 Å². The lowest BCUT2D eigenvalue weighted by atomic mass is 9.87. The number of nitrogens with one attached hydrogen (secondary N) is 2. The summed E-state index contributed by atoms with van der Waals surface area (Å²) in [5.74, 6) is 0.192. The maximum atomic E-state index is 12.2. The number of ether oxygens (including phenoxy) is 1. The zero-order chi connectivity index (χ0) is 26.8. The molecule has 1 saturated heterocycles. The molecule has 1 aliphatic rings. The molecule has 2 aromatic heterocycles. The average molecular weight is 513 g/mol. The lowest BCUT2D eigenvalue weighted by molar-refractivity contribution is -0.108. The van der Waals surface area contributed by atoms with Crippen LogP contribution >= 0.6 is 0 Å². The third kappa shape index (κ3) is 5.82. The first-order valence-corrected chi connectivity index (χ1v) is 12.3. The number of rotatable bonds is 8. The van der Waals surface area contributed by atoms with E-state index < -0.39 is 17.9 Å². The molecule has 37 heavy (non-hydrogen) atoms. The number of aromatic nitrogens is 4. The molecule has 0 aliphatic carbocycles. The first kappa shape index (κ1) is 26.7. The van der Waals surface area contributed by atoms with Crippen molar-refractivity contribution < 1.29 is 19.7 Å². The summed E-state index contributed by atoms with van der Waals surface area (Å²) >= 11 is 0. The number of hydrogen-bond acceptors (Lipinski definition) is 9. The summed E-state index contributed by atoms with van der Waals surface area (Å²) in [7, 11) is 1.89. The average Bonchev–Trinajstić information content (AvgIpc) is 3.40. The first-order chi connectivity index (χ1) is 17.5. The molecule has 6 N–H and O–H groups in total. The molecule has 2 amide bonds. The maximum absolute atomic E-state index is 12.2. The van der Waals surface area contributed by atoms with Gasteiger partial charge in [0, 0.05) is 18.8 Å². The van der Waals surface area contributed by atoms with Gasteiger partial charge in [0.05, 0.1) is 12.9 Å². The minimum Gasteiger partial charge on any atom is -0.385 e. The lowest BCUT2D eigenvalue weighted by Gasteiger charge is -2.29. The van der Waals surface area contributed by atoms with Crippen molar-refractivity contribution in [1.82, 2.24) is 29.7 Å². The van der Waals surface area contributed by atoms with Gasteiger partial charge in [-0.3, -0.25) is 4.57 Å². The molecule has 1 aromatic carbocycles. The van der Waals surface area contributed by atoms with Crippen LogP contribution in [-0.2, 0) is 15.9 Å². The van der Waals surface area contributed by atoms with Crippen LogP contribution in [0.25, 0.3) is 11.2 Å². The van der Waals surface area contributed by atoms with Crippen LogP contribution in [0.1, 0.15) is 32.8 Å². The Morgan fingerprint density at radius 3 is 2.70 bits per heavy atom. The summed E-state index contributed by atoms with van der Waals surface area (Å²) in [6.45, 7) is 7.84. The van der Waals surface area contributed by atoms with Crippen molar-refractivity contribution in [3.8, 4) is 0 Å². The van der Waals surface area contributed by atoms with Crippen LogP contribution in [0, 0.1) is 0 Å². The van der Waals surface area contributed by atoms with Gasteiger partial charge in [0.1, 0.15) is 24.1 Å². The molecule has 12 heteroatoms. The number of urea groups is 1. The van der Waals surface area contributed by atoms with E-state index in [2.05, 4.69) is 46.4 Å². The molecule has 200 valence electrons. The van der Waals surface area contributed by atoms with Gasteiger partial charge in [0.2, 0.25) is 0 Å². The molecule has 3 aromatic rings. The van der Waals surface area contributed by atoms with E-state index in [1.54, 1.807) is 0 Å². The number of aliphatic hydroxyl groups is 2. The fourth-order valence-corrected chi connectivity index (χ4v) is 4.38. The highest BCUT2D eigenvalue weighted by Crippen LogP contribution is 2.32. The van der Waals surface area contributed by atoms with Crippen molar-refractivity contribution in [2.75, 3.05) is 44.3 Å². The zero-order valence-corrected chi connectivity index (χ0v) is 21.7. The number of carbonyl (C=O) groups excluding carboxylic acids is 1. The Hall–Kier alpha value is -3.32. The van der Waals surface area contributed by atoms with E-state index in [9.17, 15) is 15.0 Å². The number of nitrogen functional groups attached to an aromatic ring is 1. The second kappa shape index (κ2) is 10.6. The second-order valence-corrected chi connectivity index (χ2v) is 10.5. The van der Waals surface area contributed by atoms with Gasteiger partial charge >= 0.3 is 6.03 Å². The fraction of sp³-hybridized carbons (Fsp3) is 0.520. The zero-order valence-electron chi connectivity index (χ0n) is 21.7. The highest BCUT2D eigenvalue weighted by molar-refractivity contribution is 5.89. The Morgan fingerprint density at radius 2 is 2.00 bits per heavy atom. The smallest absolute Gasteiger partial charge is 0.319 e. The number of imidazole rings is 1. The predicted octanol–water partition coefficient (Wildman–Crippen LogP) is 1.25. The molecule has 4 rings (SSSR count). The third-order valence-electron chi connectivity index (χ3n) is 6.62. The number of anilines is 2. The largest absolute Gasteiger partial charge is 0.385 e. The Kier molecular flexibility index (Phi) is 7.64. The highest BCUT2D eigenvalue weighted by atomic mass is 16.5. The topological polar surface area (TPSA) is 164 Å². The lowest BCUT2D eigenvalue weighted by Crippen LogP contribution is -2.48. The number of nitrogens with two attached hydrogens (primary N) is 1. The second-order valence-electron chi connectivity index (χ2n) is 10.5. The van der Waals surface area contributed by atoms with Gasteiger partial charge in [-0.05, 0) is 43.1 Å². The number of hydrogen-bond donors (Lipinski definition) is 5. The van der Waals surface area contributed by atoms with Crippen molar-refractivity contribution in [2.24, 2.45) is 0 Å². The Bertz CT molecular complexity index is 1230. The van der Waals surface area contributed by atoms with E-state index in [1.165, 1.54) is 22.8 Å². The monoisotopic (exact) mass is 512 g/mol. The summed E-state index contributed by atoms with van der Waals surface area (Å²) in [5, 5.41) is 27.8. The maximum Gasteiger partial charge on any atom is 0.319 e. The summed E-state index contributed by atoms with van der Waals surface area (Å²) < 4.78 is 7.13. The Labute approximate surface area is 215 Å². The number of amides is 2. The molecule has 3 unspecified atom stereocenters. The molecule has 0 saturated carbocycles. The van der Waals surface area contributed by atoms with E-state index in [1.807, 2.05) is 36.2 Å². The highest BCUT2D eigenvalue weighted by Gasteiger charge is 2.50. The van der Waals surface area contributed by atoms with Gasteiger partial charge in [-0.1, -0.05) is 32.9 Å². The van der Waals surface area contributed by atoms with Crippen LogP contribution in [0.3, 0.4) is 0 Å². The number of likely N-dealkylation sites (N-methyl/N-ethyl adjacent to an activating group) is 1. The number of aliphatic hydroxyl groups excluding tert-OH is 1. The van der Waals surface area contributed by atoms with E-state index in [0.717, 1.165) is 5.69 Å². The molecule has 1 aliphatic heterocycles. The number of benzene rings is 1. The van der Waals surface area contributed by atoms with Crippen molar-refractivity contribution in [3.63, 3.8) is 0 Å². The standard InChI is InChI=1S/C25H36N8O4/c1-24(2,3)16-6-8-17(9-7-16)31-23(35)27-10-5-11-32(4)12-18-20(34)25(36,13-37-18)33-15-30-19-21(26)28-14-29-22(19)33/h6-9,14-15,18,20,34,36H,5,10-13H2,1-4H3,(H2,26,28,29)(H2,27,31,35). The van der Waals surface area contributed by atoms with Crippen LogP contribution in [-0.4, -0.2) is 86.2 Å². The molecule has 0 radical (unpaired) electrons. The summed E-state index contributed by atoms with van der Waals surface area (Å²) in [6, 6.07) is 7.57. The van der Waals surface area contributed by atoms with Gasteiger partial charge in [-0.25, -0.2) is 19.7 Å².